The number of oxime groups is 1. The average Bonchev–Trinajstić information content (AvgIpc) is 2.21. The third kappa shape index (κ3) is 2.23. The van der Waals surface area contributed by atoms with Gasteiger partial charge in [0.05, 0.1) is 0 Å². The van der Waals surface area contributed by atoms with Crippen molar-refractivity contribution in [1.82, 2.24) is 0 Å². The van der Waals surface area contributed by atoms with Crippen LogP contribution in [0.4, 0.5) is 0 Å². The van der Waals surface area contributed by atoms with Crippen molar-refractivity contribution in [3.05, 3.63) is 29.8 Å². The molecule has 0 saturated carbocycles. The smallest absolute Gasteiger partial charge is 0.186 e. The molecule has 0 radical (unpaired) electrons. The molecule has 0 aliphatic rings. The van der Waals surface area contributed by atoms with Crippen LogP contribution in [0.25, 0.3) is 0 Å². The van der Waals surface area contributed by atoms with Crippen LogP contribution in [0.3, 0.4) is 0 Å². The molecule has 1 aromatic carbocycles. The summed E-state index contributed by atoms with van der Waals surface area (Å²) >= 11 is 1.62. The molecule has 66 valence electrons. The van der Waals surface area contributed by atoms with Crippen LogP contribution in [-0.2, 0) is 0 Å². The molecule has 13 heavy (non-hydrogen) atoms. The van der Waals surface area contributed by atoms with E-state index in [-0.39, 0.29) is 5.71 Å². The molecule has 1 aromatic rings. The number of nitrogens with zero attached hydrogens (tertiary/aromatic N) is 2. The Bertz CT molecular complexity index is 351. The molecule has 0 fully saturated rings. The second-order valence-electron chi connectivity index (χ2n) is 2.29. The minimum atomic E-state index is 0.0349. The van der Waals surface area contributed by atoms with Crippen LogP contribution in [0.2, 0.25) is 0 Å². The predicted molar refractivity (Wildman–Crippen MR) is 52.2 cm³/mol. The molecule has 0 bridgehead atoms. The number of hydrogen-bond donors (Lipinski definition) is 1. The number of hydrogen-bond acceptors (Lipinski definition) is 4. The van der Waals surface area contributed by atoms with E-state index in [4.69, 9.17) is 10.5 Å². The second kappa shape index (κ2) is 4.53. The Kier molecular flexibility index (Phi) is 3.35. The summed E-state index contributed by atoms with van der Waals surface area (Å²) < 4.78 is 0. The zero-order chi connectivity index (χ0) is 9.68. The van der Waals surface area contributed by atoms with Crippen LogP contribution in [0.15, 0.2) is 34.3 Å². The minimum absolute atomic E-state index is 0.0349. The normalized spacial score (nSPS) is 10.9. The van der Waals surface area contributed by atoms with Crippen LogP contribution in [0, 0.1) is 11.3 Å². The van der Waals surface area contributed by atoms with E-state index in [1.165, 1.54) is 0 Å². The predicted octanol–water partition coefficient (Wildman–Crippen LogP) is 2.11. The lowest BCUT2D eigenvalue weighted by molar-refractivity contribution is 0.320. The van der Waals surface area contributed by atoms with Gasteiger partial charge in [-0.25, -0.2) is 0 Å². The Morgan fingerprint density at radius 3 is 2.46 bits per heavy atom. The molecule has 1 N–H and O–H groups in total. The summed E-state index contributed by atoms with van der Waals surface area (Å²) in [6, 6.07) is 9.06. The minimum Gasteiger partial charge on any atom is -0.410 e. The second-order valence-corrected chi connectivity index (χ2v) is 3.17. The fraction of sp³-hybridized carbons (Fsp3) is 0.111. The van der Waals surface area contributed by atoms with Crippen LogP contribution < -0.4 is 0 Å². The largest absolute Gasteiger partial charge is 0.410 e. The number of benzene rings is 1. The number of thioether (sulfide) groups is 1. The molecule has 0 aliphatic carbocycles. The molecule has 3 nitrogen and oxygen atoms in total. The first-order valence-electron chi connectivity index (χ1n) is 3.58. The summed E-state index contributed by atoms with van der Waals surface area (Å²) in [5, 5.41) is 19.9. The maximum atomic E-state index is 8.56. The summed E-state index contributed by atoms with van der Waals surface area (Å²) in [7, 11) is 0. The maximum Gasteiger partial charge on any atom is 0.186 e. The molecular weight excluding hydrogens is 184 g/mol. The van der Waals surface area contributed by atoms with Gasteiger partial charge in [0.2, 0.25) is 0 Å². The highest BCUT2D eigenvalue weighted by Crippen LogP contribution is 2.15. The molecule has 0 amide bonds. The fourth-order valence-electron chi connectivity index (χ4n) is 0.894. The highest BCUT2D eigenvalue weighted by atomic mass is 32.2. The van der Waals surface area contributed by atoms with Gasteiger partial charge in [0, 0.05) is 10.5 Å². The van der Waals surface area contributed by atoms with Crippen molar-refractivity contribution in [2.24, 2.45) is 5.16 Å². The van der Waals surface area contributed by atoms with Gasteiger partial charge in [-0.2, -0.15) is 5.26 Å². The SMILES string of the molecule is CSc1ccc(C(C#N)=NO)cc1. The number of rotatable bonds is 2. The molecule has 1 rings (SSSR count). The highest BCUT2D eigenvalue weighted by molar-refractivity contribution is 7.98. The third-order valence-electron chi connectivity index (χ3n) is 1.57. The molecular formula is C9H8N2OS. The molecule has 0 aromatic heterocycles. The summed E-state index contributed by atoms with van der Waals surface area (Å²) in [4.78, 5) is 1.11. The molecule has 4 heteroatoms. The van der Waals surface area contributed by atoms with Gasteiger partial charge in [-0.15, -0.1) is 11.8 Å². The summed E-state index contributed by atoms with van der Waals surface area (Å²) in [6.07, 6.45) is 1.97. The maximum absolute atomic E-state index is 8.56. The Labute approximate surface area is 80.7 Å². The highest BCUT2D eigenvalue weighted by Gasteiger charge is 2.01. The number of nitriles is 1. The van der Waals surface area contributed by atoms with Crippen LogP contribution in [-0.4, -0.2) is 17.2 Å². The quantitative estimate of drug-likeness (QED) is 0.338. The van der Waals surface area contributed by atoms with Crippen molar-refractivity contribution in [1.29, 1.82) is 5.26 Å². The van der Waals surface area contributed by atoms with Gasteiger partial charge < -0.3 is 5.21 Å². The monoisotopic (exact) mass is 192 g/mol. The van der Waals surface area contributed by atoms with Crippen molar-refractivity contribution in [3.63, 3.8) is 0 Å². The third-order valence-corrected chi connectivity index (χ3v) is 2.31. The summed E-state index contributed by atoms with van der Waals surface area (Å²) in [5.41, 5.74) is 0.662. The van der Waals surface area contributed by atoms with Crippen molar-refractivity contribution in [2.75, 3.05) is 6.26 Å². The van der Waals surface area contributed by atoms with E-state index < -0.39 is 0 Å². The van der Waals surface area contributed by atoms with Gasteiger partial charge in [-0.3, -0.25) is 0 Å². The van der Waals surface area contributed by atoms with Crippen molar-refractivity contribution in [2.45, 2.75) is 4.90 Å². The molecule has 0 atom stereocenters. The summed E-state index contributed by atoms with van der Waals surface area (Å²) in [5.74, 6) is 0. The molecule has 0 saturated heterocycles. The zero-order valence-electron chi connectivity index (χ0n) is 7.06. The van der Waals surface area contributed by atoms with Crippen molar-refractivity contribution in [3.8, 4) is 6.07 Å². The van der Waals surface area contributed by atoms with E-state index in [1.807, 2.05) is 18.4 Å². The lowest BCUT2D eigenvalue weighted by Crippen LogP contribution is -1.95. The topological polar surface area (TPSA) is 56.4 Å². The van der Waals surface area contributed by atoms with Crippen molar-refractivity contribution < 1.29 is 5.21 Å². The van der Waals surface area contributed by atoms with Gasteiger partial charge in [0.15, 0.2) is 5.71 Å². The van der Waals surface area contributed by atoms with Gasteiger partial charge in [-0.05, 0) is 18.4 Å². The Morgan fingerprint density at radius 2 is 2.08 bits per heavy atom. The van der Waals surface area contributed by atoms with E-state index >= 15 is 0 Å². The molecule has 0 aliphatic heterocycles. The standard InChI is InChI=1S/C9H8N2OS/c1-13-8-4-2-7(3-5-8)9(6-10)11-12/h2-5,12H,1H3. The molecule has 0 heterocycles. The lowest BCUT2D eigenvalue weighted by atomic mass is 10.1. The van der Waals surface area contributed by atoms with E-state index in [9.17, 15) is 0 Å². The first-order valence-corrected chi connectivity index (χ1v) is 4.81. The first-order chi connectivity index (χ1) is 6.31. The Balaban J connectivity index is 3.00. The Morgan fingerprint density at radius 1 is 1.46 bits per heavy atom. The van der Waals surface area contributed by atoms with Gasteiger partial charge in [0.25, 0.3) is 0 Å². The average molecular weight is 192 g/mol. The van der Waals surface area contributed by atoms with Gasteiger partial charge >= 0.3 is 0 Å². The van der Waals surface area contributed by atoms with Gasteiger partial charge in [-0.1, -0.05) is 17.3 Å². The fourth-order valence-corrected chi connectivity index (χ4v) is 1.30. The van der Waals surface area contributed by atoms with Crippen LogP contribution in [0.1, 0.15) is 5.56 Å². The van der Waals surface area contributed by atoms with E-state index in [1.54, 1.807) is 30.0 Å². The Hall–Kier alpha value is -1.47. The zero-order valence-corrected chi connectivity index (χ0v) is 7.88. The van der Waals surface area contributed by atoms with E-state index in [0.29, 0.717) is 5.56 Å². The first kappa shape index (κ1) is 9.62. The van der Waals surface area contributed by atoms with Crippen LogP contribution >= 0.6 is 11.8 Å². The van der Waals surface area contributed by atoms with Gasteiger partial charge in [0.1, 0.15) is 6.07 Å². The van der Waals surface area contributed by atoms with E-state index in [2.05, 4.69) is 5.16 Å². The molecule has 0 unspecified atom stereocenters. The molecule has 0 spiro atoms. The van der Waals surface area contributed by atoms with E-state index in [0.717, 1.165) is 4.90 Å². The van der Waals surface area contributed by atoms with Crippen molar-refractivity contribution >= 4 is 17.5 Å². The van der Waals surface area contributed by atoms with Crippen LogP contribution in [0.5, 0.6) is 0 Å². The lowest BCUT2D eigenvalue weighted by Gasteiger charge is -1.97. The summed E-state index contributed by atoms with van der Waals surface area (Å²) in [6.45, 7) is 0.